The minimum absolute atomic E-state index is 0.182. The molecule has 1 atom stereocenters. The first kappa shape index (κ1) is 28.9. The van der Waals surface area contributed by atoms with Crippen LogP contribution >= 0.6 is 0 Å². The zero-order chi connectivity index (χ0) is 27.1. The number of benzene rings is 2. The summed E-state index contributed by atoms with van der Waals surface area (Å²) in [6.45, 7) is 11.4. The summed E-state index contributed by atoms with van der Waals surface area (Å²) in [6.07, 6.45) is 3.40. The third-order valence-corrected chi connectivity index (χ3v) is 12.5. The van der Waals surface area contributed by atoms with Crippen molar-refractivity contribution in [1.29, 1.82) is 0 Å². The SMILES string of the molecule is CC(C)CC1CC(C#CC(=O)C(CCO[Si](c2ccccc2)(c2ccccc2)C(C)(C)C)CC(=O)O)C1. The average Bonchev–Trinajstić information content (AvgIpc) is 2.82. The van der Waals surface area contributed by atoms with Crippen LogP contribution in [-0.2, 0) is 14.0 Å². The number of rotatable bonds is 11. The standard InChI is InChI=1S/C32H42O4Si/c1-24(2)20-26-21-25(22-26)16-17-30(33)27(23-31(34)35)18-19-36-37(32(3,4)5,28-12-8-6-9-13-28)29-14-10-7-11-15-29/h6-15,24-27H,18-23H2,1-5H3,(H,34,35). The van der Waals surface area contributed by atoms with Gasteiger partial charge in [0.15, 0.2) is 0 Å². The topological polar surface area (TPSA) is 63.6 Å². The van der Waals surface area contributed by atoms with E-state index in [9.17, 15) is 14.7 Å². The normalized spacial score (nSPS) is 18.4. The maximum absolute atomic E-state index is 13.0. The van der Waals surface area contributed by atoms with Gasteiger partial charge in [-0.15, -0.1) is 0 Å². The summed E-state index contributed by atoms with van der Waals surface area (Å²) in [5.41, 5.74) is 0. The first-order chi connectivity index (χ1) is 17.5. The number of carboxylic acids is 1. The molecular formula is C32H42O4Si. The van der Waals surface area contributed by atoms with Gasteiger partial charge in [-0.25, -0.2) is 0 Å². The van der Waals surface area contributed by atoms with Crippen LogP contribution in [0.5, 0.6) is 0 Å². The smallest absolute Gasteiger partial charge is 0.304 e. The molecule has 1 N–H and O–H groups in total. The first-order valence-electron chi connectivity index (χ1n) is 13.5. The highest BCUT2D eigenvalue weighted by molar-refractivity contribution is 6.99. The second kappa shape index (κ2) is 12.7. The summed E-state index contributed by atoms with van der Waals surface area (Å²) in [5, 5.41) is 11.6. The minimum Gasteiger partial charge on any atom is -0.481 e. The van der Waals surface area contributed by atoms with E-state index in [0.29, 0.717) is 24.9 Å². The molecule has 0 spiro atoms. The molecule has 2 aromatic rings. The van der Waals surface area contributed by atoms with Crippen molar-refractivity contribution in [2.45, 2.75) is 71.8 Å². The van der Waals surface area contributed by atoms with Crippen LogP contribution in [0.1, 0.15) is 66.7 Å². The lowest BCUT2D eigenvalue weighted by Gasteiger charge is -2.43. The van der Waals surface area contributed by atoms with Gasteiger partial charge in [0.1, 0.15) is 0 Å². The Kier molecular flexibility index (Phi) is 9.92. The first-order valence-corrected chi connectivity index (χ1v) is 15.5. The molecule has 1 fully saturated rings. The van der Waals surface area contributed by atoms with Gasteiger partial charge < -0.3 is 9.53 Å². The molecule has 0 aromatic heterocycles. The molecule has 1 unspecified atom stereocenters. The molecule has 0 amide bonds. The van der Waals surface area contributed by atoms with Crippen LogP contribution in [0.25, 0.3) is 0 Å². The number of hydrogen-bond acceptors (Lipinski definition) is 3. The minimum atomic E-state index is -2.74. The summed E-state index contributed by atoms with van der Waals surface area (Å²) in [4.78, 5) is 24.6. The molecule has 0 radical (unpaired) electrons. The molecule has 37 heavy (non-hydrogen) atoms. The maximum Gasteiger partial charge on any atom is 0.304 e. The number of hydrogen-bond donors (Lipinski definition) is 1. The Morgan fingerprint density at radius 3 is 2.00 bits per heavy atom. The molecule has 198 valence electrons. The number of carboxylic acid groups (broad SMARTS) is 1. The van der Waals surface area contributed by atoms with Gasteiger partial charge in [0.2, 0.25) is 5.78 Å². The highest BCUT2D eigenvalue weighted by atomic mass is 28.4. The number of Topliss-reactive ketones (excluding diaryl/α,β-unsaturated/α-hetero) is 1. The van der Waals surface area contributed by atoms with Gasteiger partial charge in [-0.05, 0) is 58.9 Å². The fourth-order valence-electron chi connectivity index (χ4n) is 5.64. The molecular weight excluding hydrogens is 476 g/mol. The highest BCUT2D eigenvalue weighted by Gasteiger charge is 2.50. The molecule has 1 aliphatic rings. The third kappa shape index (κ3) is 7.43. The predicted molar refractivity (Wildman–Crippen MR) is 152 cm³/mol. The third-order valence-electron chi connectivity index (χ3n) is 7.43. The van der Waals surface area contributed by atoms with Crippen molar-refractivity contribution in [3.63, 3.8) is 0 Å². The van der Waals surface area contributed by atoms with E-state index in [1.54, 1.807) is 0 Å². The van der Waals surface area contributed by atoms with Gasteiger partial charge in [0.05, 0.1) is 6.42 Å². The average molecular weight is 519 g/mol. The van der Waals surface area contributed by atoms with Gasteiger partial charge in [0.25, 0.3) is 8.32 Å². The number of ketones is 1. The van der Waals surface area contributed by atoms with E-state index in [1.807, 2.05) is 36.4 Å². The zero-order valence-corrected chi connectivity index (χ0v) is 24.0. The van der Waals surface area contributed by atoms with Crippen molar-refractivity contribution in [1.82, 2.24) is 0 Å². The van der Waals surface area contributed by atoms with E-state index in [4.69, 9.17) is 4.43 Å². The Labute approximate surface area is 224 Å². The molecule has 1 saturated carbocycles. The van der Waals surface area contributed by atoms with Gasteiger partial charge in [-0.2, -0.15) is 0 Å². The zero-order valence-electron chi connectivity index (χ0n) is 23.0. The Bertz CT molecular complexity index is 1050. The van der Waals surface area contributed by atoms with E-state index < -0.39 is 20.2 Å². The quantitative estimate of drug-likeness (QED) is 0.236. The maximum atomic E-state index is 13.0. The molecule has 4 nitrogen and oxygen atoms in total. The molecule has 0 saturated heterocycles. The van der Waals surface area contributed by atoms with Gasteiger partial charge in [-0.1, -0.05) is 101 Å². The van der Waals surface area contributed by atoms with Crippen LogP contribution < -0.4 is 10.4 Å². The molecule has 0 heterocycles. The summed E-state index contributed by atoms with van der Waals surface area (Å²) >= 11 is 0. The van der Waals surface area contributed by atoms with Crippen LogP contribution in [0.4, 0.5) is 0 Å². The lowest BCUT2D eigenvalue weighted by atomic mass is 9.72. The van der Waals surface area contributed by atoms with Gasteiger partial charge in [0, 0.05) is 18.4 Å². The second-order valence-corrected chi connectivity index (χ2v) is 16.2. The molecule has 2 aromatic carbocycles. The Morgan fingerprint density at radius 2 is 1.54 bits per heavy atom. The second-order valence-electron chi connectivity index (χ2n) is 11.9. The van der Waals surface area contributed by atoms with Crippen LogP contribution in [0.15, 0.2) is 60.7 Å². The van der Waals surface area contributed by atoms with E-state index >= 15 is 0 Å². The van der Waals surface area contributed by atoms with Crippen LogP contribution in [0.2, 0.25) is 5.04 Å². The fraction of sp³-hybridized carbons (Fsp3) is 0.500. The summed E-state index contributed by atoms with van der Waals surface area (Å²) in [6, 6.07) is 20.7. The summed E-state index contributed by atoms with van der Waals surface area (Å²) in [7, 11) is -2.74. The number of carbonyl (C=O) groups is 2. The summed E-state index contributed by atoms with van der Waals surface area (Å²) < 4.78 is 6.88. The van der Waals surface area contributed by atoms with E-state index in [1.165, 1.54) is 6.42 Å². The number of carbonyl (C=O) groups excluding carboxylic acids is 1. The van der Waals surface area contributed by atoms with E-state index in [0.717, 1.165) is 23.2 Å². The Morgan fingerprint density at radius 1 is 1.00 bits per heavy atom. The van der Waals surface area contributed by atoms with E-state index in [2.05, 4.69) is 70.7 Å². The molecule has 5 heteroatoms. The van der Waals surface area contributed by atoms with Crippen molar-refractivity contribution in [2.24, 2.45) is 23.7 Å². The molecule has 0 aliphatic heterocycles. The predicted octanol–water partition coefficient (Wildman–Crippen LogP) is 5.69. The monoisotopic (exact) mass is 518 g/mol. The van der Waals surface area contributed by atoms with E-state index in [-0.39, 0.29) is 23.2 Å². The summed E-state index contributed by atoms with van der Waals surface area (Å²) in [5.74, 6) is 5.64. The van der Waals surface area contributed by atoms with Crippen molar-refractivity contribution < 1.29 is 19.1 Å². The lowest BCUT2D eigenvalue weighted by molar-refractivity contribution is -0.140. The van der Waals surface area contributed by atoms with Crippen molar-refractivity contribution in [3.8, 4) is 11.8 Å². The number of aliphatic carboxylic acids is 1. The van der Waals surface area contributed by atoms with Gasteiger partial charge >= 0.3 is 5.97 Å². The van der Waals surface area contributed by atoms with Crippen molar-refractivity contribution >= 4 is 30.4 Å². The van der Waals surface area contributed by atoms with Gasteiger partial charge in [-0.3, -0.25) is 9.59 Å². The Balaban J connectivity index is 1.77. The van der Waals surface area contributed by atoms with Crippen LogP contribution in [0.3, 0.4) is 0 Å². The highest BCUT2D eigenvalue weighted by Crippen LogP contribution is 2.38. The molecule has 3 rings (SSSR count). The molecule has 1 aliphatic carbocycles. The largest absolute Gasteiger partial charge is 0.481 e. The Hall–Kier alpha value is -2.68. The molecule has 0 bridgehead atoms. The van der Waals surface area contributed by atoms with Crippen LogP contribution in [-0.4, -0.2) is 31.8 Å². The van der Waals surface area contributed by atoms with Crippen molar-refractivity contribution in [2.75, 3.05) is 6.61 Å². The lowest BCUT2D eigenvalue weighted by Crippen LogP contribution is -2.66. The van der Waals surface area contributed by atoms with Crippen molar-refractivity contribution in [3.05, 3.63) is 60.7 Å². The van der Waals surface area contributed by atoms with Crippen LogP contribution in [0, 0.1) is 35.5 Å². The fourth-order valence-corrected chi connectivity index (χ4v) is 10.2.